The summed E-state index contributed by atoms with van der Waals surface area (Å²) < 4.78 is 18.8. The van der Waals surface area contributed by atoms with Gasteiger partial charge in [-0.25, -0.2) is 9.37 Å². The molecule has 2 aromatic rings. The smallest absolute Gasteiger partial charge is 0.148 e. The molecule has 1 atom stereocenters. The van der Waals surface area contributed by atoms with E-state index in [0.29, 0.717) is 5.92 Å². The highest BCUT2D eigenvalue weighted by molar-refractivity contribution is 14.2. The van der Waals surface area contributed by atoms with Crippen LogP contribution in [0.5, 0.6) is 5.75 Å². The molecule has 1 aliphatic carbocycles. The lowest BCUT2D eigenvalue weighted by Crippen LogP contribution is -2.08. The third kappa shape index (κ3) is 3.82. The van der Waals surface area contributed by atoms with Crippen molar-refractivity contribution in [3.63, 3.8) is 0 Å². The maximum atomic E-state index is 13.2. The van der Waals surface area contributed by atoms with Crippen LogP contribution in [0, 0.1) is 18.7 Å². The second kappa shape index (κ2) is 7.38. The molecule has 1 aliphatic rings. The normalized spacial score (nSPS) is 15.5. The Morgan fingerprint density at radius 3 is 2.61 bits per heavy atom. The van der Waals surface area contributed by atoms with Crippen LogP contribution in [0.2, 0.25) is 0 Å². The second-order valence-electron chi connectivity index (χ2n) is 5.97. The van der Waals surface area contributed by atoms with Crippen LogP contribution in [0.15, 0.2) is 30.3 Å². The van der Waals surface area contributed by atoms with Crippen molar-refractivity contribution in [3.8, 4) is 17.0 Å². The van der Waals surface area contributed by atoms with Crippen LogP contribution in [-0.4, -0.2) is 17.8 Å². The van der Waals surface area contributed by atoms with Gasteiger partial charge in [0.15, 0.2) is 0 Å². The summed E-state index contributed by atoms with van der Waals surface area (Å²) in [7, 11) is 3.50. The Morgan fingerprint density at radius 2 is 2.04 bits per heavy atom. The Hall–Kier alpha value is -0.820. The van der Waals surface area contributed by atoms with Crippen molar-refractivity contribution in [1.29, 1.82) is 0 Å². The zero-order valence-electron chi connectivity index (χ0n) is 13.2. The van der Waals surface area contributed by atoms with Gasteiger partial charge in [0.1, 0.15) is 17.3 Å². The molecule has 1 fully saturated rings. The largest absolute Gasteiger partial charge is 0.494 e. The van der Waals surface area contributed by atoms with Gasteiger partial charge in [0.25, 0.3) is 0 Å². The van der Waals surface area contributed by atoms with Gasteiger partial charge in [-0.15, -0.1) is 0 Å². The number of halogens is 2. The van der Waals surface area contributed by atoms with E-state index >= 15 is 0 Å². The average Bonchev–Trinajstić information content (AvgIpc) is 3.37. The number of ether oxygens (including phenoxy) is 1. The molecule has 1 heterocycles. The van der Waals surface area contributed by atoms with E-state index in [9.17, 15) is 4.39 Å². The fourth-order valence-corrected chi connectivity index (χ4v) is 4.71. The first-order valence-corrected chi connectivity index (χ1v) is 11.2. The number of hydrogen-bond donors (Lipinski definition) is 0. The van der Waals surface area contributed by atoms with E-state index in [1.807, 2.05) is 8.93 Å². The number of methoxy groups -OCH3 is 1. The van der Waals surface area contributed by atoms with E-state index in [-0.39, 0.29) is 5.82 Å². The van der Waals surface area contributed by atoms with Crippen molar-refractivity contribution in [2.75, 3.05) is 12.9 Å². The standard InChI is InChI=1S/C18H19FINOS/c1-11-9-16(15(10-23-20)12-3-4-12)21-17(18(11)22-2)13-5-7-14(19)8-6-13/h5-9,12,15H,3-4,10H2,1-2H3. The molecular formula is C18H19FINOS. The van der Waals surface area contributed by atoms with Crippen molar-refractivity contribution < 1.29 is 9.13 Å². The Balaban J connectivity index is 2.07. The number of aryl methyl sites for hydroxylation is 1. The number of benzene rings is 1. The third-order valence-electron chi connectivity index (χ3n) is 4.31. The van der Waals surface area contributed by atoms with Gasteiger partial charge in [0.2, 0.25) is 0 Å². The first-order chi connectivity index (χ1) is 11.1. The predicted octanol–water partition coefficient (Wildman–Crippen LogP) is 5.78. The van der Waals surface area contributed by atoms with E-state index in [2.05, 4.69) is 34.2 Å². The van der Waals surface area contributed by atoms with Gasteiger partial charge in [-0.1, -0.05) is 8.93 Å². The quantitative estimate of drug-likeness (QED) is 0.529. The first kappa shape index (κ1) is 17.0. The van der Waals surface area contributed by atoms with Crippen LogP contribution >= 0.6 is 30.1 Å². The summed E-state index contributed by atoms with van der Waals surface area (Å²) in [6, 6.07) is 8.63. The highest BCUT2D eigenvalue weighted by Crippen LogP contribution is 2.46. The van der Waals surface area contributed by atoms with Crippen LogP contribution in [-0.2, 0) is 0 Å². The Labute approximate surface area is 152 Å². The minimum absolute atomic E-state index is 0.238. The molecule has 0 bridgehead atoms. The molecule has 2 nitrogen and oxygen atoms in total. The summed E-state index contributed by atoms with van der Waals surface area (Å²) in [6.07, 6.45) is 2.58. The molecule has 0 N–H and O–H groups in total. The summed E-state index contributed by atoms with van der Waals surface area (Å²) in [5.41, 5.74) is 3.92. The Morgan fingerprint density at radius 1 is 1.35 bits per heavy atom. The predicted molar refractivity (Wildman–Crippen MR) is 103 cm³/mol. The van der Waals surface area contributed by atoms with Gasteiger partial charge in [-0.2, -0.15) is 0 Å². The molecule has 1 aromatic carbocycles. The topological polar surface area (TPSA) is 22.1 Å². The number of aromatic nitrogens is 1. The van der Waals surface area contributed by atoms with Crippen LogP contribution < -0.4 is 4.74 Å². The number of hydrogen-bond acceptors (Lipinski definition) is 3. The zero-order chi connectivity index (χ0) is 16.4. The fraction of sp³-hybridized carbons (Fsp3) is 0.389. The molecule has 0 radical (unpaired) electrons. The summed E-state index contributed by atoms with van der Waals surface area (Å²) in [6.45, 7) is 2.05. The Kier molecular flexibility index (Phi) is 5.46. The van der Waals surface area contributed by atoms with Crippen LogP contribution in [0.25, 0.3) is 11.3 Å². The fourth-order valence-electron chi connectivity index (χ4n) is 2.97. The van der Waals surface area contributed by atoms with Gasteiger partial charge >= 0.3 is 0 Å². The molecule has 122 valence electrons. The molecule has 0 amide bonds. The monoisotopic (exact) mass is 443 g/mol. The summed E-state index contributed by atoms with van der Waals surface area (Å²) in [5.74, 6) is 2.85. The van der Waals surface area contributed by atoms with E-state index in [1.165, 1.54) is 25.0 Å². The number of nitrogens with zero attached hydrogens (tertiary/aromatic N) is 1. The van der Waals surface area contributed by atoms with Gasteiger partial charge in [-0.3, -0.25) is 0 Å². The highest BCUT2D eigenvalue weighted by Gasteiger charge is 2.33. The molecule has 0 saturated heterocycles. The van der Waals surface area contributed by atoms with Gasteiger partial charge < -0.3 is 4.74 Å². The summed E-state index contributed by atoms with van der Waals surface area (Å²) >= 11 is 2.36. The van der Waals surface area contributed by atoms with E-state index in [1.54, 1.807) is 19.2 Å². The lowest BCUT2D eigenvalue weighted by molar-refractivity contribution is 0.411. The lowest BCUT2D eigenvalue weighted by atomic mass is 9.98. The van der Waals surface area contributed by atoms with Crippen molar-refractivity contribution in [2.45, 2.75) is 25.7 Å². The first-order valence-electron chi connectivity index (χ1n) is 7.69. The molecule has 23 heavy (non-hydrogen) atoms. The van der Waals surface area contributed by atoms with Crippen LogP contribution in [0.4, 0.5) is 4.39 Å². The van der Waals surface area contributed by atoms with Crippen molar-refractivity contribution in [3.05, 3.63) is 47.4 Å². The van der Waals surface area contributed by atoms with Gasteiger partial charge in [0.05, 0.1) is 7.11 Å². The minimum Gasteiger partial charge on any atom is -0.494 e. The SMILES string of the molecule is COc1c(C)cc(C(CSI)C2CC2)nc1-c1ccc(F)cc1. The van der Waals surface area contributed by atoms with Crippen molar-refractivity contribution in [2.24, 2.45) is 5.92 Å². The van der Waals surface area contributed by atoms with E-state index in [0.717, 1.165) is 39.9 Å². The third-order valence-corrected chi connectivity index (χ3v) is 5.88. The van der Waals surface area contributed by atoms with E-state index < -0.39 is 0 Å². The molecule has 1 saturated carbocycles. The minimum atomic E-state index is -0.238. The van der Waals surface area contributed by atoms with Gasteiger partial charge in [-0.05, 0) is 82.8 Å². The molecule has 0 spiro atoms. The zero-order valence-corrected chi connectivity index (χ0v) is 16.2. The van der Waals surface area contributed by atoms with Crippen LogP contribution in [0.3, 0.4) is 0 Å². The van der Waals surface area contributed by atoms with E-state index in [4.69, 9.17) is 9.72 Å². The molecular weight excluding hydrogens is 424 g/mol. The average molecular weight is 443 g/mol. The van der Waals surface area contributed by atoms with Crippen molar-refractivity contribution in [1.82, 2.24) is 4.98 Å². The number of rotatable bonds is 6. The molecule has 3 rings (SSSR count). The molecule has 5 heteroatoms. The second-order valence-corrected chi connectivity index (χ2v) is 8.39. The summed E-state index contributed by atoms with van der Waals surface area (Å²) in [5, 5.41) is 0. The molecule has 1 aromatic heterocycles. The molecule has 0 aliphatic heterocycles. The number of pyridine rings is 1. The molecule has 1 unspecified atom stereocenters. The van der Waals surface area contributed by atoms with Crippen LogP contribution in [0.1, 0.15) is 30.0 Å². The van der Waals surface area contributed by atoms with Crippen molar-refractivity contribution >= 4 is 30.1 Å². The maximum Gasteiger partial charge on any atom is 0.148 e. The lowest BCUT2D eigenvalue weighted by Gasteiger charge is -2.19. The highest BCUT2D eigenvalue weighted by atomic mass is 127. The maximum absolute atomic E-state index is 13.2. The summed E-state index contributed by atoms with van der Waals surface area (Å²) in [4.78, 5) is 4.92. The van der Waals surface area contributed by atoms with Gasteiger partial charge in [0, 0.05) is 22.9 Å². The Bertz CT molecular complexity index is 688.